The molecule has 10 nitrogen and oxygen atoms in total. The Hall–Kier alpha value is -2.67. The molecular formula is C22H26FN5O5S. The van der Waals surface area contributed by atoms with Gasteiger partial charge in [0.05, 0.1) is 24.1 Å². The zero-order chi connectivity index (χ0) is 23.8. The number of aromatic carboxylic acids is 1. The molecule has 2 N–H and O–H groups in total. The number of nitrogens with zero attached hydrogens (tertiary/aromatic N) is 4. The molecule has 0 bridgehead atoms. The van der Waals surface area contributed by atoms with E-state index in [0.29, 0.717) is 19.7 Å². The molecule has 12 heteroatoms. The predicted octanol–water partition coefficient (Wildman–Crippen LogP) is 2.12. The number of carbonyl (C=O) groups is 1. The molecule has 0 saturated carbocycles. The Morgan fingerprint density at radius 1 is 1.41 bits per heavy atom. The highest BCUT2D eigenvalue weighted by molar-refractivity contribution is 8.02. The monoisotopic (exact) mass is 491 g/mol. The second-order valence-electron chi connectivity index (χ2n) is 8.68. The van der Waals surface area contributed by atoms with Gasteiger partial charge in [0.25, 0.3) is 0 Å². The van der Waals surface area contributed by atoms with E-state index < -0.39 is 22.8 Å². The third-order valence-corrected chi connectivity index (χ3v) is 7.31. The van der Waals surface area contributed by atoms with Crippen LogP contribution in [0.3, 0.4) is 0 Å². The summed E-state index contributed by atoms with van der Waals surface area (Å²) in [6.07, 6.45) is 6.44. The number of hydrogen-bond acceptors (Lipinski definition) is 9. The minimum atomic E-state index is -1.36. The summed E-state index contributed by atoms with van der Waals surface area (Å²) >= 11 is 1.43. The van der Waals surface area contributed by atoms with Gasteiger partial charge in [-0.2, -0.15) is 5.48 Å². The Labute approximate surface area is 199 Å². The van der Waals surface area contributed by atoms with Gasteiger partial charge in [0.15, 0.2) is 17.1 Å². The lowest BCUT2D eigenvalue weighted by molar-refractivity contribution is -0.0799. The van der Waals surface area contributed by atoms with Crippen LogP contribution in [0.2, 0.25) is 0 Å². The van der Waals surface area contributed by atoms with Crippen molar-refractivity contribution in [3.8, 4) is 0 Å². The lowest BCUT2D eigenvalue weighted by Crippen LogP contribution is -2.58. The topological polar surface area (TPSA) is 109 Å². The average Bonchev–Trinajstić information content (AvgIpc) is 3.22. The highest BCUT2D eigenvalue weighted by Crippen LogP contribution is 2.35. The molecule has 0 radical (unpaired) electrons. The number of carboxylic acid groups (broad SMARTS) is 1. The summed E-state index contributed by atoms with van der Waals surface area (Å²) in [5.41, 5.74) is 1.73. The highest BCUT2D eigenvalue weighted by Gasteiger charge is 2.32. The minimum Gasteiger partial charge on any atom is -0.477 e. The normalized spacial score (nSPS) is 23.0. The Morgan fingerprint density at radius 2 is 2.24 bits per heavy atom. The maximum absolute atomic E-state index is 15.0. The molecule has 5 rings (SSSR count). The number of aromatic nitrogens is 2. The fraction of sp³-hybridized carbons (Fsp3) is 0.500. The molecule has 3 aliphatic rings. The molecule has 2 fully saturated rings. The number of hydroxylamine groups is 1. The van der Waals surface area contributed by atoms with E-state index in [1.807, 2.05) is 23.6 Å². The molecule has 2 unspecified atom stereocenters. The van der Waals surface area contributed by atoms with Crippen molar-refractivity contribution in [3.63, 3.8) is 0 Å². The molecule has 3 aliphatic heterocycles. The van der Waals surface area contributed by atoms with Gasteiger partial charge in [-0.1, -0.05) is 11.8 Å². The van der Waals surface area contributed by atoms with Crippen LogP contribution in [0.25, 0.3) is 11.0 Å². The summed E-state index contributed by atoms with van der Waals surface area (Å²) in [6.45, 7) is 2.20. The number of carboxylic acids is 1. The van der Waals surface area contributed by atoms with Crippen LogP contribution in [0.5, 0.6) is 0 Å². The van der Waals surface area contributed by atoms with Crippen LogP contribution in [0.4, 0.5) is 10.2 Å². The quantitative estimate of drug-likeness (QED) is 0.559. The molecule has 34 heavy (non-hydrogen) atoms. The largest absolute Gasteiger partial charge is 0.477 e. The van der Waals surface area contributed by atoms with E-state index in [-0.39, 0.29) is 34.5 Å². The first-order chi connectivity index (χ1) is 16.4. The molecule has 2 atom stereocenters. The molecule has 0 spiro atoms. The van der Waals surface area contributed by atoms with Crippen molar-refractivity contribution in [2.45, 2.75) is 36.9 Å². The van der Waals surface area contributed by atoms with Crippen molar-refractivity contribution in [3.05, 3.63) is 45.5 Å². The van der Waals surface area contributed by atoms with E-state index in [0.717, 1.165) is 31.9 Å². The second kappa shape index (κ2) is 9.53. The van der Waals surface area contributed by atoms with Gasteiger partial charge in [-0.25, -0.2) is 14.2 Å². The molecule has 2 saturated heterocycles. The molecular weight excluding hydrogens is 465 g/mol. The maximum Gasteiger partial charge on any atom is 0.341 e. The van der Waals surface area contributed by atoms with E-state index in [4.69, 9.17) is 9.57 Å². The summed E-state index contributed by atoms with van der Waals surface area (Å²) in [5, 5.41) is 11.3. The average molecular weight is 492 g/mol. The van der Waals surface area contributed by atoms with Gasteiger partial charge in [0.2, 0.25) is 5.43 Å². The van der Waals surface area contributed by atoms with Gasteiger partial charge < -0.3 is 24.2 Å². The smallest absolute Gasteiger partial charge is 0.341 e. The van der Waals surface area contributed by atoms with Crippen LogP contribution in [0.15, 0.2) is 28.7 Å². The number of halogens is 1. The predicted molar refractivity (Wildman–Crippen MR) is 125 cm³/mol. The van der Waals surface area contributed by atoms with Gasteiger partial charge in [-0.3, -0.25) is 9.63 Å². The van der Waals surface area contributed by atoms with Gasteiger partial charge in [-0.15, -0.1) is 0 Å². The SMILES string of the molecule is CN1C=CSC1n1cc(C(=O)O)c(=O)c2cc(F)c(N3CC(NOCC4CCCCO4)C3)nc21. The minimum absolute atomic E-state index is 0.0118. The first-order valence-corrected chi connectivity index (χ1v) is 12.1. The van der Waals surface area contributed by atoms with Gasteiger partial charge >= 0.3 is 5.97 Å². The maximum atomic E-state index is 15.0. The third kappa shape index (κ3) is 4.38. The summed E-state index contributed by atoms with van der Waals surface area (Å²) in [7, 11) is 1.83. The van der Waals surface area contributed by atoms with Crippen molar-refractivity contribution >= 4 is 34.6 Å². The van der Waals surface area contributed by atoms with Crippen LogP contribution in [-0.2, 0) is 9.57 Å². The standard InChI is InChI=1S/C22H26FN5O5S/c1-26-5-7-34-22(26)28-11-16(21(30)31)18(29)15-8-17(23)20(24-19(15)28)27-9-13(10-27)25-33-12-14-4-2-3-6-32-14/h5,7-8,11,13-14,22,25H,2-4,6,9-10,12H2,1H3,(H,30,31). The number of rotatable bonds is 7. The summed E-state index contributed by atoms with van der Waals surface area (Å²) in [4.78, 5) is 38.1. The number of nitrogens with one attached hydrogen (secondary N) is 1. The summed E-state index contributed by atoms with van der Waals surface area (Å²) < 4.78 is 22.3. The second-order valence-corrected chi connectivity index (χ2v) is 9.65. The van der Waals surface area contributed by atoms with E-state index in [9.17, 15) is 14.7 Å². The van der Waals surface area contributed by atoms with Gasteiger partial charge in [0, 0.05) is 39.1 Å². The molecule has 2 aromatic heterocycles. The van der Waals surface area contributed by atoms with Crippen molar-refractivity contribution in [2.75, 3.05) is 38.3 Å². The molecule has 5 heterocycles. The zero-order valence-corrected chi connectivity index (χ0v) is 19.5. The molecule has 0 aromatic carbocycles. The Balaban J connectivity index is 1.35. The van der Waals surface area contributed by atoms with E-state index in [1.54, 1.807) is 9.47 Å². The van der Waals surface area contributed by atoms with Crippen molar-refractivity contribution in [2.24, 2.45) is 0 Å². The first-order valence-electron chi connectivity index (χ1n) is 11.2. The fourth-order valence-corrected chi connectivity index (χ4v) is 5.29. The van der Waals surface area contributed by atoms with E-state index >= 15 is 4.39 Å². The third-order valence-electron chi connectivity index (χ3n) is 6.23. The Morgan fingerprint density at radius 3 is 2.91 bits per heavy atom. The van der Waals surface area contributed by atoms with Crippen LogP contribution in [-0.4, -0.2) is 71.0 Å². The fourth-order valence-electron chi connectivity index (χ4n) is 4.34. The molecule has 2 aromatic rings. The Kier molecular flexibility index (Phi) is 6.47. The van der Waals surface area contributed by atoms with Crippen molar-refractivity contribution in [1.29, 1.82) is 0 Å². The van der Waals surface area contributed by atoms with E-state index in [2.05, 4.69) is 10.5 Å². The number of pyridine rings is 2. The molecule has 0 amide bonds. The van der Waals surface area contributed by atoms with Gasteiger partial charge in [0.1, 0.15) is 11.2 Å². The van der Waals surface area contributed by atoms with Crippen LogP contribution in [0.1, 0.15) is 35.1 Å². The zero-order valence-electron chi connectivity index (χ0n) is 18.6. The molecule has 182 valence electrons. The number of hydrogen-bond donors (Lipinski definition) is 2. The van der Waals surface area contributed by atoms with Crippen LogP contribution < -0.4 is 15.8 Å². The molecule has 0 aliphatic carbocycles. The van der Waals surface area contributed by atoms with Crippen LogP contribution >= 0.6 is 11.8 Å². The van der Waals surface area contributed by atoms with Crippen molar-refractivity contribution in [1.82, 2.24) is 19.9 Å². The number of thioether (sulfide) groups is 1. The van der Waals surface area contributed by atoms with E-state index in [1.165, 1.54) is 18.0 Å². The summed E-state index contributed by atoms with van der Waals surface area (Å²) in [5.74, 6) is -1.91. The first kappa shape index (κ1) is 23.1. The van der Waals surface area contributed by atoms with Gasteiger partial charge in [-0.05, 0) is 30.7 Å². The lowest BCUT2D eigenvalue weighted by Gasteiger charge is -2.40. The number of ether oxygens (including phenoxy) is 1. The van der Waals surface area contributed by atoms with Crippen molar-refractivity contribution < 1.29 is 23.9 Å². The van der Waals surface area contributed by atoms with Crippen LogP contribution in [0, 0.1) is 5.82 Å². The number of fused-ring (bicyclic) bond motifs is 1. The number of anilines is 1. The Bertz CT molecular complexity index is 1180. The lowest BCUT2D eigenvalue weighted by atomic mass is 10.1. The summed E-state index contributed by atoms with van der Waals surface area (Å²) in [6, 6.07) is 1.10. The highest BCUT2D eigenvalue weighted by atomic mass is 32.2.